The van der Waals surface area contributed by atoms with E-state index in [9.17, 15) is 8.42 Å². The van der Waals surface area contributed by atoms with Crippen LogP contribution in [0.5, 0.6) is 0 Å². The van der Waals surface area contributed by atoms with E-state index in [2.05, 4.69) is 0 Å². The van der Waals surface area contributed by atoms with Gasteiger partial charge in [-0.2, -0.15) is 0 Å². The van der Waals surface area contributed by atoms with Gasteiger partial charge in [-0.05, 0) is 31.2 Å². The Hall–Kier alpha value is -1.50. The normalized spacial score (nSPS) is 11.8. The minimum atomic E-state index is -3.54. The van der Waals surface area contributed by atoms with Crippen LogP contribution in [0.25, 0.3) is 0 Å². The lowest BCUT2D eigenvalue weighted by molar-refractivity contribution is 0.521. The van der Waals surface area contributed by atoms with Crippen molar-refractivity contribution < 1.29 is 8.42 Å². The van der Waals surface area contributed by atoms with E-state index in [1.165, 1.54) is 36.2 Å². The van der Waals surface area contributed by atoms with Crippen molar-refractivity contribution in [2.75, 3.05) is 19.8 Å². The first-order valence-corrected chi connectivity index (χ1v) is 8.63. The van der Waals surface area contributed by atoms with Gasteiger partial charge in [-0.15, -0.1) is 0 Å². The van der Waals surface area contributed by atoms with Crippen molar-refractivity contribution in [3.8, 4) is 0 Å². The zero-order valence-electron chi connectivity index (χ0n) is 12.2. The number of nitrogen functional groups attached to an aromatic ring is 1. The predicted molar refractivity (Wildman–Crippen MR) is 87.0 cm³/mol. The van der Waals surface area contributed by atoms with Crippen LogP contribution in [0.3, 0.4) is 0 Å². The number of hydrogen-bond acceptors (Lipinski definition) is 4. The van der Waals surface area contributed by atoms with Gasteiger partial charge in [0.2, 0.25) is 10.0 Å². The lowest BCUT2D eigenvalue weighted by atomic mass is 10.2. The number of nitrogens with two attached hydrogens (primary N) is 1. The smallest absolute Gasteiger partial charge is 0.244 e. The zero-order chi connectivity index (χ0) is 15.6. The standard InChI is InChI=1S/C15H18N2O2S2/c1-11-6-4-7-12(10-11)20-13-8-5-9-14(15(13)16)21(18,19)17(2)3/h4-10H,16H2,1-3H3. The van der Waals surface area contributed by atoms with E-state index in [1.54, 1.807) is 6.07 Å². The number of hydrogen-bond donors (Lipinski definition) is 1. The van der Waals surface area contributed by atoms with Crippen molar-refractivity contribution in [2.45, 2.75) is 21.6 Å². The summed E-state index contributed by atoms with van der Waals surface area (Å²) in [6, 6.07) is 13.1. The van der Waals surface area contributed by atoms with Gasteiger partial charge < -0.3 is 5.73 Å². The molecule has 6 heteroatoms. The van der Waals surface area contributed by atoms with Crippen LogP contribution in [0, 0.1) is 6.92 Å². The summed E-state index contributed by atoms with van der Waals surface area (Å²) in [5.41, 5.74) is 7.50. The summed E-state index contributed by atoms with van der Waals surface area (Å²) in [7, 11) is -0.545. The molecule has 0 fully saturated rings. The lowest BCUT2D eigenvalue weighted by Crippen LogP contribution is -2.23. The van der Waals surface area contributed by atoms with Crippen molar-refractivity contribution in [1.29, 1.82) is 0 Å². The highest BCUT2D eigenvalue weighted by atomic mass is 32.2. The Labute approximate surface area is 130 Å². The van der Waals surface area contributed by atoms with Crippen molar-refractivity contribution in [1.82, 2.24) is 4.31 Å². The minimum absolute atomic E-state index is 0.144. The molecule has 0 atom stereocenters. The molecule has 2 rings (SSSR count). The molecule has 112 valence electrons. The molecule has 0 aliphatic carbocycles. The Morgan fingerprint density at radius 1 is 1.10 bits per heavy atom. The van der Waals surface area contributed by atoms with Gasteiger partial charge in [0.15, 0.2) is 0 Å². The fraction of sp³-hybridized carbons (Fsp3) is 0.200. The highest BCUT2D eigenvalue weighted by molar-refractivity contribution is 7.99. The molecule has 21 heavy (non-hydrogen) atoms. The van der Waals surface area contributed by atoms with Gasteiger partial charge in [-0.3, -0.25) is 0 Å². The number of benzene rings is 2. The third kappa shape index (κ3) is 3.40. The number of para-hydroxylation sites is 1. The molecule has 0 heterocycles. The van der Waals surface area contributed by atoms with Crippen LogP contribution in [0.4, 0.5) is 5.69 Å². The average molecular weight is 322 g/mol. The number of nitrogens with zero attached hydrogens (tertiary/aromatic N) is 1. The molecule has 0 saturated heterocycles. The summed E-state index contributed by atoms with van der Waals surface area (Å²) < 4.78 is 25.7. The van der Waals surface area contributed by atoms with Gasteiger partial charge in [0.1, 0.15) is 4.90 Å². The highest BCUT2D eigenvalue weighted by Gasteiger charge is 2.21. The Balaban J connectivity index is 2.44. The van der Waals surface area contributed by atoms with Crippen LogP contribution < -0.4 is 5.73 Å². The number of sulfonamides is 1. The van der Waals surface area contributed by atoms with Crippen LogP contribution in [0.1, 0.15) is 5.56 Å². The first-order valence-electron chi connectivity index (χ1n) is 6.38. The maximum absolute atomic E-state index is 12.2. The molecule has 2 aromatic carbocycles. The van der Waals surface area contributed by atoms with Gasteiger partial charge in [0, 0.05) is 23.9 Å². The van der Waals surface area contributed by atoms with Crippen LogP contribution in [0.2, 0.25) is 0 Å². The van der Waals surface area contributed by atoms with E-state index in [-0.39, 0.29) is 10.6 Å². The Bertz CT molecular complexity index is 756. The van der Waals surface area contributed by atoms with E-state index in [0.29, 0.717) is 0 Å². The van der Waals surface area contributed by atoms with Crippen molar-refractivity contribution in [2.24, 2.45) is 0 Å². The van der Waals surface area contributed by atoms with E-state index in [1.807, 2.05) is 37.3 Å². The van der Waals surface area contributed by atoms with E-state index < -0.39 is 10.0 Å². The summed E-state index contributed by atoms with van der Waals surface area (Å²) in [6.07, 6.45) is 0. The summed E-state index contributed by atoms with van der Waals surface area (Å²) >= 11 is 1.46. The second kappa shape index (κ2) is 6.09. The maximum atomic E-state index is 12.2. The van der Waals surface area contributed by atoms with Crippen LogP contribution in [0.15, 0.2) is 57.2 Å². The van der Waals surface area contributed by atoms with E-state index in [0.717, 1.165) is 15.4 Å². The molecule has 0 aliphatic rings. The summed E-state index contributed by atoms with van der Waals surface area (Å²) in [6.45, 7) is 2.01. The highest BCUT2D eigenvalue weighted by Crippen LogP contribution is 2.36. The number of anilines is 1. The van der Waals surface area contributed by atoms with Gasteiger partial charge >= 0.3 is 0 Å². The van der Waals surface area contributed by atoms with Gasteiger partial charge in [0.05, 0.1) is 5.69 Å². The molecule has 0 bridgehead atoms. The van der Waals surface area contributed by atoms with E-state index in [4.69, 9.17) is 5.73 Å². The fourth-order valence-electron chi connectivity index (χ4n) is 1.84. The molecule has 0 saturated carbocycles. The third-order valence-corrected chi connectivity index (χ3v) is 5.94. The summed E-state index contributed by atoms with van der Waals surface area (Å²) in [5, 5.41) is 0. The quantitative estimate of drug-likeness (QED) is 0.879. The van der Waals surface area contributed by atoms with Gasteiger partial charge in [-0.1, -0.05) is 35.5 Å². The van der Waals surface area contributed by atoms with Crippen LogP contribution in [-0.2, 0) is 10.0 Å². The molecule has 0 aromatic heterocycles. The third-order valence-electron chi connectivity index (χ3n) is 3.00. The molecule has 2 aromatic rings. The molecule has 0 aliphatic heterocycles. The Kier molecular flexibility index (Phi) is 4.61. The van der Waals surface area contributed by atoms with Gasteiger partial charge in [0.25, 0.3) is 0 Å². The van der Waals surface area contributed by atoms with Crippen molar-refractivity contribution in [3.63, 3.8) is 0 Å². The Morgan fingerprint density at radius 3 is 2.38 bits per heavy atom. The van der Waals surface area contributed by atoms with Crippen LogP contribution >= 0.6 is 11.8 Å². The molecular weight excluding hydrogens is 304 g/mol. The molecule has 2 N–H and O–H groups in total. The first-order chi connectivity index (χ1) is 9.82. The predicted octanol–water partition coefficient (Wildman–Crippen LogP) is 2.98. The topological polar surface area (TPSA) is 63.4 Å². The summed E-state index contributed by atoms with van der Waals surface area (Å²) in [5.74, 6) is 0. The second-order valence-corrected chi connectivity index (χ2v) is 8.11. The van der Waals surface area contributed by atoms with E-state index >= 15 is 0 Å². The van der Waals surface area contributed by atoms with Crippen LogP contribution in [-0.4, -0.2) is 26.8 Å². The van der Waals surface area contributed by atoms with Gasteiger partial charge in [-0.25, -0.2) is 12.7 Å². The number of aryl methyl sites for hydroxylation is 1. The maximum Gasteiger partial charge on any atom is 0.244 e. The minimum Gasteiger partial charge on any atom is -0.397 e. The zero-order valence-corrected chi connectivity index (χ0v) is 13.8. The molecule has 0 unspecified atom stereocenters. The molecular formula is C15H18N2O2S2. The molecule has 4 nitrogen and oxygen atoms in total. The summed E-state index contributed by atoms with van der Waals surface area (Å²) in [4.78, 5) is 1.91. The lowest BCUT2D eigenvalue weighted by Gasteiger charge is -2.15. The second-order valence-electron chi connectivity index (χ2n) is 4.87. The molecule has 0 radical (unpaired) electrons. The monoisotopic (exact) mass is 322 g/mol. The average Bonchev–Trinajstić information content (AvgIpc) is 2.41. The first kappa shape index (κ1) is 15.9. The SMILES string of the molecule is Cc1cccc(Sc2cccc(S(=O)(=O)N(C)C)c2N)c1. The van der Waals surface area contributed by atoms with Crippen molar-refractivity contribution >= 4 is 27.5 Å². The molecule has 0 spiro atoms. The molecule has 0 amide bonds. The Morgan fingerprint density at radius 2 is 1.76 bits per heavy atom. The number of rotatable bonds is 4. The van der Waals surface area contributed by atoms with Crippen molar-refractivity contribution in [3.05, 3.63) is 48.0 Å². The largest absolute Gasteiger partial charge is 0.397 e. The fourth-order valence-corrected chi connectivity index (χ4v) is 3.95.